The van der Waals surface area contributed by atoms with Gasteiger partial charge in [0.05, 0.1) is 0 Å². The van der Waals surface area contributed by atoms with Gasteiger partial charge in [0.25, 0.3) is 5.56 Å². The van der Waals surface area contributed by atoms with E-state index in [1.165, 1.54) is 11.8 Å². The first-order valence-corrected chi connectivity index (χ1v) is 7.30. The van der Waals surface area contributed by atoms with Gasteiger partial charge in [-0.05, 0) is 31.1 Å². The Bertz CT molecular complexity index is 743. The lowest BCUT2D eigenvalue weighted by molar-refractivity contribution is 0.618. The maximum absolute atomic E-state index is 12.3. The predicted octanol–water partition coefficient (Wildman–Crippen LogP) is 1.80. The molecule has 2 heterocycles. The van der Waals surface area contributed by atoms with Crippen LogP contribution in [-0.4, -0.2) is 20.8 Å². The highest BCUT2D eigenvalue weighted by Crippen LogP contribution is 2.31. The molecule has 6 heteroatoms. The van der Waals surface area contributed by atoms with Crippen LogP contribution in [0.2, 0.25) is 0 Å². The van der Waals surface area contributed by atoms with Crippen molar-refractivity contribution in [3.05, 3.63) is 28.2 Å². The van der Waals surface area contributed by atoms with E-state index in [0.717, 1.165) is 18.2 Å². The third-order valence-electron chi connectivity index (χ3n) is 3.25. The molecule has 19 heavy (non-hydrogen) atoms. The molecule has 0 saturated heterocycles. The maximum Gasteiger partial charge on any atom is 0.270 e. The van der Waals surface area contributed by atoms with E-state index in [2.05, 4.69) is 9.97 Å². The molecule has 0 bridgehead atoms. The average Bonchev–Trinajstić information content (AvgIpc) is 3.25. The summed E-state index contributed by atoms with van der Waals surface area (Å²) in [6.45, 7) is 0.648. The van der Waals surface area contributed by atoms with Crippen LogP contribution in [-0.2, 0) is 6.54 Å². The molecule has 1 aliphatic carbocycles. The molecule has 1 aliphatic rings. The van der Waals surface area contributed by atoms with Crippen LogP contribution in [0, 0.1) is 17.2 Å². The van der Waals surface area contributed by atoms with E-state index in [4.69, 9.17) is 5.26 Å². The molecule has 0 unspecified atom stereocenters. The number of hydrogen-bond donors (Lipinski definition) is 0. The van der Waals surface area contributed by atoms with Gasteiger partial charge in [-0.25, -0.2) is 9.97 Å². The van der Waals surface area contributed by atoms with Gasteiger partial charge < -0.3 is 0 Å². The molecule has 3 rings (SSSR count). The zero-order chi connectivity index (χ0) is 13.4. The smallest absolute Gasteiger partial charge is 0.270 e. The Kier molecular flexibility index (Phi) is 2.99. The highest BCUT2D eigenvalue weighted by Gasteiger charge is 2.24. The van der Waals surface area contributed by atoms with Gasteiger partial charge in [0.2, 0.25) is 0 Å². The minimum atomic E-state index is -0.243. The molecule has 2 aromatic rings. The van der Waals surface area contributed by atoms with Gasteiger partial charge in [-0.3, -0.25) is 9.36 Å². The first-order valence-electron chi connectivity index (χ1n) is 6.07. The molecule has 5 nitrogen and oxygen atoms in total. The number of aromatic nitrogens is 3. The predicted molar refractivity (Wildman–Crippen MR) is 73.0 cm³/mol. The van der Waals surface area contributed by atoms with E-state index in [1.807, 2.05) is 12.3 Å². The van der Waals surface area contributed by atoms with Gasteiger partial charge in [0.1, 0.15) is 17.3 Å². The van der Waals surface area contributed by atoms with Gasteiger partial charge in [0.15, 0.2) is 5.16 Å². The van der Waals surface area contributed by atoms with Crippen LogP contribution < -0.4 is 5.56 Å². The largest absolute Gasteiger partial charge is 0.291 e. The maximum atomic E-state index is 12.3. The van der Waals surface area contributed by atoms with E-state index in [-0.39, 0.29) is 11.1 Å². The third-order valence-corrected chi connectivity index (χ3v) is 3.81. The molecule has 0 aromatic carbocycles. The zero-order valence-corrected chi connectivity index (χ0v) is 11.3. The molecule has 0 spiro atoms. The Morgan fingerprint density at radius 1 is 1.58 bits per heavy atom. The second-order valence-corrected chi connectivity index (χ2v) is 5.44. The second-order valence-electron chi connectivity index (χ2n) is 4.66. The molecule has 1 saturated carbocycles. The molecule has 0 amide bonds. The highest BCUT2D eigenvalue weighted by molar-refractivity contribution is 7.98. The van der Waals surface area contributed by atoms with Crippen molar-refractivity contribution in [3.8, 4) is 6.07 Å². The lowest BCUT2D eigenvalue weighted by Gasteiger charge is -2.09. The van der Waals surface area contributed by atoms with Crippen molar-refractivity contribution in [1.82, 2.24) is 14.5 Å². The summed E-state index contributed by atoms with van der Waals surface area (Å²) in [5.41, 5.74) is 0.552. The van der Waals surface area contributed by atoms with Crippen LogP contribution in [0.1, 0.15) is 18.4 Å². The van der Waals surface area contributed by atoms with Crippen LogP contribution in [0.15, 0.2) is 22.2 Å². The fourth-order valence-electron chi connectivity index (χ4n) is 2.05. The standard InChI is InChI=1S/C13H12N4OS/c1-19-13-15-6-10-4-9(5-14)12(18)17(11(10)16-13)7-8-2-3-8/h4,6,8H,2-3,7H2,1H3. The van der Waals surface area contributed by atoms with Crippen molar-refractivity contribution in [2.45, 2.75) is 24.5 Å². The van der Waals surface area contributed by atoms with Crippen molar-refractivity contribution >= 4 is 22.8 Å². The SMILES string of the molecule is CSc1ncc2cc(C#N)c(=O)n(CC3CC3)c2n1. The number of rotatable bonds is 3. The van der Waals surface area contributed by atoms with Crippen molar-refractivity contribution < 1.29 is 0 Å². The lowest BCUT2D eigenvalue weighted by atomic mass is 10.2. The van der Waals surface area contributed by atoms with Crippen molar-refractivity contribution in [1.29, 1.82) is 5.26 Å². The van der Waals surface area contributed by atoms with Crippen molar-refractivity contribution in [2.75, 3.05) is 6.26 Å². The summed E-state index contributed by atoms with van der Waals surface area (Å²) in [6.07, 6.45) is 5.86. The van der Waals surface area contributed by atoms with Crippen LogP contribution in [0.4, 0.5) is 0 Å². The summed E-state index contributed by atoms with van der Waals surface area (Å²) in [5.74, 6) is 0.544. The molecule has 96 valence electrons. The Morgan fingerprint density at radius 3 is 3.00 bits per heavy atom. The third kappa shape index (κ3) is 2.22. The minimum Gasteiger partial charge on any atom is -0.291 e. The fourth-order valence-corrected chi connectivity index (χ4v) is 2.39. The van der Waals surface area contributed by atoms with Crippen molar-refractivity contribution in [3.63, 3.8) is 0 Å². The first-order chi connectivity index (χ1) is 9.22. The molecule has 0 aliphatic heterocycles. The number of nitriles is 1. The number of pyridine rings is 1. The fraction of sp³-hybridized carbons (Fsp3) is 0.385. The van der Waals surface area contributed by atoms with Crippen LogP contribution in [0.3, 0.4) is 0 Å². The van der Waals surface area contributed by atoms with Gasteiger partial charge in [-0.1, -0.05) is 11.8 Å². The Labute approximate surface area is 114 Å². The Morgan fingerprint density at radius 2 is 2.37 bits per heavy atom. The van der Waals surface area contributed by atoms with Crippen LogP contribution >= 0.6 is 11.8 Å². The van der Waals surface area contributed by atoms with Crippen LogP contribution in [0.25, 0.3) is 11.0 Å². The van der Waals surface area contributed by atoms with Gasteiger partial charge in [-0.2, -0.15) is 5.26 Å². The number of hydrogen-bond acceptors (Lipinski definition) is 5. The van der Waals surface area contributed by atoms with Crippen molar-refractivity contribution in [2.24, 2.45) is 5.92 Å². The molecule has 1 fully saturated rings. The molecule has 0 N–H and O–H groups in total. The zero-order valence-electron chi connectivity index (χ0n) is 10.5. The first kappa shape index (κ1) is 12.2. The monoisotopic (exact) mass is 272 g/mol. The summed E-state index contributed by atoms with van der Waals surface area (Å²) >= 11 is 1.44. The lowest BCUT2D eigenvalue weighted by Crippen LogP contribution is -2.24. The minimum absolute atomic E-state index is 0.161. The number of nitrogens with zero attached hydrogens (tertiary/aromatic N) is 4. The number of thioether (sulfide) groups is 1. The Balaban J connectivity index is 2.28. The van der Waals surface area contributed by atoms with E-state index >= 15 is 0 Å². The topological polar surface area (TPSA) is 71.6 Å². The second kappa shape index (κ2) is 4.67. The molecule has 0 radical (unpaired) electrons. The van der Waals surface area contributed by atoms with E-state index in [1.54, 1.807) is 16.8 Å². The van der Waals surface area contributed by atoms with E-state index < -0.39 is 0 Å². The molecule has 2 aromatic heterocycles. The average molecular weight is 272 g/mol. The number of fused-ring (bicyclic) bond motifs is 1. The summed E-state index contributed by atoms with van der Waals surface area (Å²) in [4.78, 5) is 20.9. The summed E-state index contributed by atoms with van der Waals surface area (Å²) in [6, 6.07) is 3.53. The van der Waals surface area contributed by atoms with Gasteiger partial charge in [-0.15, -0.1) is 0 Å². The van der Waals surface area contributed by atoms with Crippen LogP contribution in [0.5, 0.6) is 0 Å². The molecule has 0 atom stereocenters. The molecular formula is C13H12N4OS. The summed E-state index contributed by atoms with van der Waals surface area (Å²) in [5, 5.41) is 10.4. The van der Waals surface area contributed by atoms with Gasteiger partial charge >= 0.3 is 0 Å². The highest BCUT2D eigenvalue weighted by atomic mass is 32.2. The van der Waals surface area contributed by atoms with E-state index in [9.17, 15) is 4.79 Å². The molecular weight excluding hydrogens is 260 g/mol. The summed E-state index contributed by atoms with van der Waals surface area (Å²) in [7, 11) is 0. The Hall–Kier alpha value is -1.87. The van der Waals surface area contributed by atoms with E-state index in [0.29, 0.717) is 23.3 Å². The quantitative estimate of drug-likeness (QED) is 0.629. The van der Waals surface area contributed by atoms with Gasteiger partial charge in [0, 0.05) is 18.1 Å². The summed E-state index contributed by atoms with van der Waals surface area (Å²) < 4.78 is 1.63. The normalized spacial score (nSPS) is 14.5.